The predicted molar refractivity (Wildman–Crippen MR) is 132 cm³/mol. The molecule has 3 rings (SSSR count). The lowest BCUT2D eigenvalue weighted by Crippen LogP contribution is -2.24. The van der Waals surface area contributed by atoms with E-state index in [9.17, 15) is 4.79 Å². The normalized spacial score (nSPS) is 10.7. The number of hydrazone groups is 1. The molecule has 0 aliphatic heterocycles. The van der Waals surface area contributed by atoms with Crippen molar-refractivity contribution < 1.29 is 14.3 Å². The summed E-state index contributed by atoms with van der Waals surface area (Å²) in [5.41, 5.74) is 7.25. The van der Waals surface area contributed by atoms with E-state index in [1.165, 1.54) is 5.56 Å². The monoisotopic (exact) mass is 529 g/mol. The Kier molecular flexibility index (Phi) is 7.88. The predicted octanol–water partition coefficient (Wildman–Crippen LogP) is 5.65. The number of carbonyl (C=O) groups is 1. The maximum atomic E-state index is 12.1. The summed E-state index contributed by atoms with van der Waals surface area (Å²) in [4.78, 5) is 12.1. The molecule has 2 N–H and O–H groups in total. The summed E-state index contributed by atoms with van der Waals surface area (Å²) in [6.07, 6.45) is 1.56. The van der Waals surface area contributed by atoms with Gasteiger partial charge in [-0.2, -0.15) is 5.10 Å². The average Bonchev–Trinajstić information content (AvgIpc) is 2.75. The third kappa shape index (κ3) is 6.45. The molecule has 7 heteroatoms. The van der Waals surface area contributed by atoms with Crippen molar-refractivity contribution in [2.24, 2.45) is 5.10 Å². The maximum absolute atomic E-state index is 12.1. The van der Waals surface area contributed by atoms with Crippen LogP contribution >= 0.6 is 22.6 Å². The highest BCUT2D eigenvalue weighted by Gasteiger charge is 2.12. The first-order valence-electron chi connectivity index (χ1n) is 9.68. The molecule has 0 spiro atoms. The number of methoxy groups -OCH3 is 1. The van der Waals surface area contributed by atoms with Crippen molar-refractivity contribution in [2.45, 2.75) is 20.5 Å². The molecule has 160 valence electrons. The number of nitrogens with zero attached hydrogens (tertiary/aromatic N) is 1. The highest BCUT2D eigenvalue weighted by molar-refractivity contribution is 14.1. The van der Waals surface area contributed by atoms with Crippen LogP contribution in [0.15, 0.2) is 65.8 Å². The number of hydrogen-bond acceptors (Lipinski definition) is 4. The van der Waals surface area contributed by atoms with E-state index in [2.05, 4.69) is 57.5 Å². The number of hydrogen-bond donors (Lipinski definition) is 2. The fraction of sp³-hybridized carbons (Fsp3) is 0.167. The van der Waals surface area contributed by atoms with Crippen LogP contribution in [-0.4, -0.2) is 19.4 Å². The molecule has 0 saturated heterocycles. The van der Waals surface area contributed by atoms with Gasteiger partial charge >= 0.3 is 6.03 Å². The molecule has 0 fully saturated rings. The van der Waals surface area contributed by atoms with Crippen molar-refractivity contribution >= 4 is 40.5 Å². The van der Waals surface area contributed by atoms with Gasteiger partial charge in [0.1, 0.15) is 6.61 Å². The van der Waals surface area contributed by atoms with E-state index in [0.717, 1.165) is 25.9 Å². The van der Waals surface area contributed by atoms with E-state index < -0.39 is 6.03 Å². The molecule has 0 bridgehead atoms. The minimum Gasteiger partial charge on any atom is -0.493 e. The smallest absolute Gasteiger partial charge is 0.339 e. The van der Waals surface area contributed by atoms with Crippen molar-refractivity contribution in [2.75, 3.05) is 12.4 Å². The lowest BCUT2D eigenvalue weighted by Gasteiger charge is -2.13. The van der Waals surface area contributed by atoms with Crippen molar-refractivity contribution in [1.82, 2.24) is 5.43 Å². The van der Waals surface area contributed by atoms with Gasteiger partial charge in [-0.25, -0.2) is 10.2 Å². The van der Waals surface area contributed by atoms with Crippen LogP contribution in [0.4, 0.5) is 10.5 Å². The number of aryl methyl sites for hydroxylation is 2. The molecule has 2 amide bonds. The van der Waals surface area contributed by atoms with Crippen LogP contribution < -0.4 is 20.2 Å². The number of rotatable bonds is 7. The zero-order valence-corrected chi connectivity index (χ0v) is 19.8. The third-order valence-electron chi connectivity index (χ3n) is 4.53. The van der Waals surface area contributed by atoms with Crippen molar-refractivity contribution in [3.63, 3.8) is 0 Å². The second kappa shape index (κ2) is 10.8. The zero-order chi connectivity index (χ0) is 22.2. The van der Waals surface area contributed by atoms with E-state index in [4.69, 9.17) is 9.47 Å². The van der Waals surface area contributed by atoms with Crippen molar-refractivity contribution in [1.29, 1.82) is 0 Å². The third-order valence-corrected chi connectivity index (χ3v) is 5.33. The Morgan fingerprint density at radius 2 is 1.84 bits per heavy atom. The Bertz CT molecular complexity index is 1080. The fourth-order valence-corrected chi connectivity index (χ4v) is 3.60. The lowest BCUT2D eigenvalue weighted by atomic mass is 10.2. The number of halogens is 1. The van der Waals surface area contributed by atoms with Crippen LogP contribution in [0.3, 0.4) is 0 Å². The molecule has 6 nitrogen and oxygen atoms in total. The molecule has 0 aliphatic carbocycles. The summed E-state index contributed by atoms with van der Waals surface area (Å²) in [5.74, 6) is 1.27. The van der Waals surface area contributed by atoms with E-state index in [1.807, 2.05) is 55.5 Å². The molecule has 0 radical (unpaired) electrons. The molecule has 0 unspecified atom stereocenters. The molecular weight excluding hydrogens is 505 g/mol. The SMILES string of the molecule is COc1cc(C=NNC(=O)Nc2ccccc2C)cc(I)c1OCc1ccc(C)cc1. The Labute approximate surface area is 195 Å². The number of amides is 2. The van der Waals surface area contributed by atoms with Crippen molar-refractivity contribution in [3.05, 3.63) is 86.5 Å². The van der Waals surface area contributed by atoms with Gasteiger partial charge < -0.3 is 14.8 Å². The van der Waals surface area contributed by atoms with Gasteiger partial charge in [-0.1, -0.05) is 48.0 Å². The van der Waals surface area contributed by atoms with Gasteiger partial charge in [0.2, 0.25) is 0 Å². The highest BCUT2D eigenvalue weighted by Crippen LogP contribution is 2.34. The Hall–Kier alpha value is -3.07. The van der Waals surface area contributed by atoms with E-state index >= 15 is 0 Å². The molecule has 0 saturated carbocycles. The van der Waals surface area contributed by atoms with Crippen LogP contribution in [0.1, 0.15) is 22.3 Å². The number of urea groups is 1. The van der Waals surface area contributed by atoms with Gasteiger partial charge in [-0.15, -0.1) is 0 Å². The Morgan fingerprint density at radius 1 is 1.10 bits per heavy atom. The Balaban J connectivity index is 1.64. The van der Waals surface area contributed by atoms with E-state index in [0.29, 0.717) is 18.1 Å². The van der Waals surface area contributed by atoms with Crippen LogP contribution in [0.2, 0.25) is 0 Å². The molecule has 0 atom stereocenters. The van der Waals surface area contributed by atoms with Gasteiger partial charge in [0.05, 0.1) is 16.9 Å². The van der Waals surface area contributed by atoms with E-state index in [-0.39, 0.29) is 0 Å². The molecule has 0 aliphatic rings. The molecule has 3 aromatic carbocycles. The Morgan fingerprint density at radius 3 is 2.55 bits per heavy atom. The average molecular weight is 529 g/mol. The fourth-order valence-electron chi connectivity index (χ4n) is 2.82. The first kappa shape index (κ1) is 22.6. The topological polar surface area (TPSA) is 72.0 Å². The summed E-state index contributed by atoms with van der Waals surface area (Å²) >= 11 is 2.20. The molecule has 31 heavy (non-hydrogen) atoms. The zero-order valence-electron chi connectivity index (χ0n) is 17.6. The first-order valence-corrected chi connectivity index (χ1v) is 10.8. The maximum Gasteiger partial charge on any atom is 0.339 e. The van der Waals surface area contributed by atoms with Gasteiger partial charge in [0.15, 0.2) is 11.5 Å². The summed E-state index contributed by atoms with van der Waals surface area (Å²) in [6.45, 7) is 4.42. The first-order chi connectivity index (χ1) is 15.0. The largest absolute Gasteiger partial charge is 0.493 e. The molecule has 3 aromatic rings. The molecular formula is C24H24IN3O3. The van der Waals surface area contributed by atoms with Gasteiger partial charge in [0.25, 0.3) is 0 Å². The lowest BCUT2D eigenvalue weighted by molar-refractivity contribution is 0.252. The summed E-state index contributed by atoms with van der Waals surface area (Å²) < 4.78 is 12.4. The van der Waals surface area contributed by atoms with Gasteiger partial charge in [-0.3, -0.25) is 0 Å². The van der Waals surface area contributed by atoms with E-state index in [1.54, 1.807) is 13.3 Å². The number of para-hydroxylation sites is 1. The van der Waals surface area contributed by atoms with Crippen molar-refractivity contribution in [3.8, 4) is 11.5 Å². The van der Waals surface area contributed by atoms with Crippen LogP contribution in [-0.2, 0) is 6.61 Å². The second-order valence-electron chi connectivity index (χ2n) is 6.95. The minimum atomic E-state index is -0.412. The van der Waals surface area contributed by atoms with Crippen LogP contribution in [0, 0.1) is 17.4 Å². The molecule has 0 heterocycles. The standard InChI is InChI=1S/C24H24IN3O3/c1-16-8-10-18(11-9-16)15-31-23-20(25)12-19(13-22(23)30-3)14-26-28-24(29)27-21-7-5-4-6-17(21)2/h4-14H,15H2,1-3H3,(H2,27,28,29). The summed E-state index contributed by atoms with van der Waals surface area (Å²) in [5, 5.41) is 6.79. The quantitative estimate of drug-likeness (QED) is 0.236. The summed E-state index contributed by atoms with van der Waals surface area (Å²) in [7, 11) is 1.60. The second-order valence-corrected chi connectivity index (χ2v) is 8.11. The van der Waals surface area contributed by atoms with Crippen LogP contribution in [0.25, 0.3) is 0 Å². The number of benzene rings is 3. The molecule has 0 aromatic heterocycles. The van der Waals surface area contributed by atoms with Crippen LogP contribution in [0.5, 0.6) is 11.5 Å². The highest BCUT2D eigenvalue weighted by atomic mass is 127. The number of anilines is 1. The number of nitrogens with one attached hydrogen (secondary N) is 2. The summed E-state index contributed by atoms with van der Waals surface area (Å²) in [6, 6.07) is 19.1. The number of carbonyl (C=O) groups excluding carboxylic acids is 1. The van der Waals surface area contributed by atoms with Gasteiger partial charge in [-0.05, 0) is 71.3 Å². The minimum absolute atomic E-state index is 0.412. The van der Waals surface area contributed by atoms with Gasteiger partial charge in [0, 0.05) is 5.69 Å². The number of ether oxygens (including phenoxy) is 2.